The van der Waals surface area contributed by atoms with Crippen LogP contribution in [-0.2, 0) is 10.3 Å². The zero-order valence-corrected chi connectivity index (χ0v) is 17.6. The van der Waals surface area contributed by atoms with E-state index in [1.54, 1.807) is 18.2 Å². The number of halogens is 4. The third-order valence-electron chi connectivity index (χ3n) is 4.15. The van der Waals surface area contributed by atoms with Crippen LogP contribution in [-0.4, -0.2) is 43.5 Å². The number of nitrogens with two attached hydrogens (primary N) is 1. The Morgan fingerprint density at radius 1 is 1.41 bits per heavy atom. The van der Waals surface area contributed by atoms with Gasteiger partial charge in [-0.1, -0.05) is 12.1 Å². The number of alkyl halides is 2. The summed E-state index contributed by atoms with van der Waals surface area (Å²) in [6.45, 7) is -0.315. The molecule has 29 heavy (non-hydrogen) atoms. The molecule has 1 aromatic heterocycles. The van der Waals surface area contributed by atoms with Gasteiger partial charge in [0.25, 0.3) is 12.3 Å². The maximum absolute atomic E-state index is 13.9. The molecule has 0 saturated heterocycles. The minimum absolute atomic E-state index is 0. The van der Waals surface area contributed by atoms with E-state index in [9.17, 15) is 13.6 Å². The van der Waals surface area contributed by atoms with Crippen molar-refractivity contribution in [3.8, 4) is 5.75 Å². The number of hydrogen-bond donors (Lipinski definition) is 2. The number of anilines is 1. The molecule has 1 aliphatic heterocycles. The molecule has 0 saturated carbocycles. The molecule has 7 nitrogen and oxygen atoms in total. The first-order valence-electron chi connectivity index (χ1n) is 8.17. The Morgan fingerprint density at radius 2 is 2.17 bits per heavy atom. The Morgan fingerprint density at radius 3 is 2.83 bits per heavy atom. The van der Waals surface area contributed by atoms with Crippen molar-refractivity contribution in [2.75, 3.05) is 25.6 Å². The zero-order valence-electron chi connectivity index (χ0n) is 15.2. The number of carbonyl (C=O) groups excluding carboxylic acids is 1. The Kier molecular flexibility index (Phi) is 7.50. The molecular formula is C18H18BrClF2N4O3. The lowest BCUT2D eigenvalue weighted by Crippen LogP contribution is -2.44. The molecule has 11 heteroatoms. The molecule has 0 bridgehead atoms. The van der Waals surface area contributed by atoms with E-state index in [-0.39, 0.29) is 48.5 Å². The molecule has 2 aromatic rings. The second-order valence-corrected chi connectivity index (χ2v) is 6.98. The number of amides is 1. The van der Waals surface area contributed by atoms with Crippen LogP contribution in [0.4, 0.5) is 14.5 Å². The SMILES string of the molecule is COc1cc(Br)cnc1C(=O)Nc1cccc(C2(C(F)F)COCC(N)=N2)c1.Cl. The fourth-order valence-corrected chi connectivity index (χ4v) is 3.13. The van der Waals surface area contributed by atoms with Crippen molar-refractivity contribution in [2.45, 2.75) is 12.0 Å². The van der Waals surface area contributed by atoms with Crippen molar-refractivity contribution < 1.29 is 23.0 Å². The second kappa shape index (κ2) is 9.47. The van der Waals surface area contributed by atoms with E-state index in [0.29, 0.717) is 10.2 Å². The van der Waals surface area contributed by atoms with Crippen LogP contribution in [0.1, 0.15) is 16.1 Å². The highest BCUT2D eigenvalue weighted by molar-refractivity contribution is 9.10. The Hall–Kier alpha value is -2.30. The van der Waals surface area contributed by atoms with Gasteiger partial charge in [0, 0.05) is 16.4 Å². The number of hydrogen-bond acceptors (Lipinski definition) is 6. The van der Waals surface area contributed by atoms with E-state index < -0.39 is 17.9 Å². The number of aliphatic imine (C=N–C) groups is 1. The number of carbonyl (C=O) groups is 1. The summed E-state index contributed by atoms with van der Waals surface area (Å²) in [4.78, 5) is 20.6. The number of nitrogens with one attached hydrogen (secondary N) is 1. The minimum atomic E-state index is -2.84. The van der Waals surface area contributed by atoms with Gasteiger partial charge >= 0.3 is 0 Å². The number of rotatable bonds is 5. The van der Waals surface area contributed by atoms with Crippen LogP contribution in [0, 0.1) is 0 Å². The van der Waals surface area contributed by atoms with Gasteiger partial charge in [0.2, 0.25) is 0 Å². The summed E-state index contributed by atoms with van der Waals surface area (Å²) in [6, 6.07) is 7.62. The number of benzene rings is 1. The lowest BCUT2D eigenvalue weighted by Gasteiger charge is -2.33. The standard InChI is InChI=1S/C18H17BrF2N4O3.ClH/c1-27-13-6-11(19)7-23-15(13)16(26)24-12-4-2-3-10(5-12)18(17(20)21)9-28-8-14(22)25-18;/h2-7,17H,8-9H2,1H3,(H2,22,25)(H,24,26);1H. The smallest absolute Gasteiger partial charge is 0.278 e. The molecular weight excluding hydrogens is 474 g/mol. The van der Waals surface area contributed by atoms with Gasteiger partial charge in [-0.2, -0.15) is 0 Å². The molecule has 1 atom stereocenters. The summed E-state index contributed by atoms with van der Waals surface area (Å²) in [7, 11) is 1.42. The van der Waals surface area contributed by atoms with Crippen LogP contribution < -0.4 is 15.8 Å². The van der Waals surface area contributed by atoms with Gasteiger partial charge in [-0.15, -0.1) is 12.4 Å². The molecule has 1 unspecified atom stereocenters. The highest BCUT2D eigenvalue weighted by atomic mass is 79.9. The van der Waals surface area contributed by atoms with E-state index in [2.05, 4.69) is 31.2 Å². The molecule has 1 aliphatic rings. The minimum Gasteiger partial charge on any atom is -0.494 e. The quantitative estimate of drug-likeness (QED) is 0.668. The van der Waals surface area contributed by atoms with Gasteiger partial charge in [0.05, 0.1) is 13.7 Å². The van der Waals surface area contributed by atoms with Gasteiger partial charge in [-0.3, -0.25) is 9.79 Å². The van der Waals surface area contributed by atoms with E-state index in [1.807, 2.05) is 0 Å². The summed E-state index contributed by atoms with van der Waals surface area (Å²) in [6.07, 6.45) is -1.39. The second-order valence-electron chi connectivity index (χ2n) is 6.06. The first-order chi connectivity index (χ1) is 13.4. The first kappa shape index (κ1) is 23.0. The molecule has 3 N–H and O–H groups in total. The average Bonchev–Trinajstić information content (AvgIpc) is 2.67. The molecule has 0 spiro atoms. The largest absolute Gasteiger partial charge is 0.494 e. The zero-order chi connectivity index (χ0) is 20.3. The van der Waals surface area contributed by atoms with Gasteiger partial charge in [0.15, 0.2) is 17.0 Å². The Bertz CT molecular complexity index is 932. The molecule has 0 aliphatic carbocycles. The summed E-state index contributed by atoms with van der Waals surface area (Å²) < 4.78 is 38.7. The van der Waals surface area contributed by atoms with E-state index in [0.717, 1.165) is 0 Å². The van der Waals surface area contributed by atoms with Crippen LogP contribution in [0.25, 0.3) is 0 Å². The Labute approximate surface area is 180 Å². The van der Waals surface area contributed by atoms with Crippen LogP contribution in [0.5, 0.6) is 5.75 Å². The molecule has 2 heterocycles. The van der Waals surface area contributed by atoms with E-state index in [1.165, 1.54) is 25.4 Å². The Balaban J connectivity index is 0.00000300. The molecule has 156 valence electrons. The van der Waals surface area contributed by atoms with Crippen molar-refractivity contribution >= 4 is 45.8 Å². The highest BCUT2D eigenvalue weighted by Gasteiger charge is 2.44. The first-order valence-corrected chi connectivity index (χ1v) is 8.96. The number of aromatic nitrogens is 1. The predicted octanol–water partition coefficient (Wildman–Crippen LogP) is 3.37. The fourth-order valence-electron chi connectivity index (χ4n) is 2.82. The maximum Gasteiger partial charge on any atom is 0.278 e. The summed E-state index contributed by atoms with van der Waals surface area (Å²) in [5.41, 5.74) is 4.24. The third kappa shape index (κ3) is 4.82. The monoisotopic (exact) mass is 490 g/mol. The van der Waals surface area contributed by atoms with Crippen molar-refractivity contribution in [3.05, 3.63) is 52.3 Å². The molecule has 0 radical (unpaired) electrons. The summed E-state index contributed by atoms with van der Waals surface area (Å²) in [5, 5.41) is 2.64. The lowest BCUT2D eigenvalue weighted by atomic mass is 9.90. The van der Waals surface area contributed by atoms with E-state index >= 15 is 0 Å². The lowest BCUT2D eigenvalue weighted by molar-refractivity contribution is -0.0129. The summed E-state index contributed by atoms with van der Waals surface area (Å²) in [5.74, 6) is -0.287. The molecule has 1 aromatic carbocycles. The number of amidine groups is 1. The summed E-state index contributed by atoms with van der Waals surface area (Å²) >= 11 is 3.25. The normalized spacial score (nSPS) is 18.6. The average molecular weight is 492 g/mol. The van der Waals surface area contributed by atoms with E-state index in [4.69, 9.17) is 15.2 Å². The van der Waals surface area contributed by atoms with Crippen molar-refractivity contribution in [1.29, 1.82) is 0 Å². The van der Waals surface area contributed by atoms with Crippen molar-refractivity contribution in [1.82, 2.24) is 4.98 Å². The van der Waals surface area contributed by atoms with Gasteiger partial charge in [0.1, 0.15) is 12.4 Å². The van der Waals surface area contributed by atoms with Gasteiger partial charge in [-0.25, -0.2) is 13.8 Å². The van der Waals surface area contributed by atoms with Crippen molar-refractivity contribution in [2.24, 2.45) is 10.7 Å². The molecule has 0 fully saturated rings. The van der Waals surface area contributed by atoms with Crippen LogP contribution >= 0.6 is 28.3 Å². The number of methoxy groups -OCH3 is 1. The topological polar surface area (TPSA) is 98.8 Å². The number of ether oxygens (including phenoxy) is 2. The van der Waals surface area contributed by atoms with Crippen molar-refractivity contribution in [3.63, 3.8) is 0 Å². The fraction of sp³-hybridized carbons (Fsp3) is 0.278. The maximum atomic E-state index is 13.9. The third-order valence-corrected chi connectivity index (χ3v) is 4.58. The van der Waals surface area contributed by atoms with Crippen LogP contribution in [0.2, 0.25) is 0 Å². The highest BCUT2D eigenvalue weighted by Crippen LogP contribution is 2.36. The number of nitrogens with zero attached hydrogens (tertiary/aromatic N) is 2. The molecule has 3 rings (SSSR count). The van der Waals surface area contributed by atoms with Gasteiger partial charge < -0.3 is 20.5 Å². The predicted molar refractivity (Wildman–Crippen MR) is 110 cm³/mol. The number of pyridine rings is 1. The van der Waals surface area contributed by atoms with Crippen LogP contribution in [0.3, 0.4) is 0 Å². The van der Waals surface area contributed by atoms with Crippen LogP contribution in [0.15, 0.2) is 46.0 Å². The molecule has 1 amide bonds. The van der Waals surface area contributed by atoms with Gasteiger partial charge in [-0.05, 0) is 39.7 Å².